The maximum absolute atomic E-state index is 10.8. The van der Waals surface area contributed by atoms with Crippen LogP contribution in [0, 0.1) is 0 Å². The van der Waals surface area contributed by atoms with Crippen LogP contribution in [0.2, 0.25) is 0 Å². The molecule has 3 rings (SSSR count). The van der Waals surface area contributed by atoms with Crippen molar-refractivity contribution in [3.05, 3.63) is 42.4 Å². The number of anilines is 1. The Kier molecular flexibility index (Phi) is 5.90. The third-order valence-corrected chi connectivity index (χ3v) is 3.42. The van der Waals surface area contributed by atoms with Crippen molar-refractivity contribution in [1.82, 2.24) is 9.97 Å². The van der Waals surface area contributed by atoms with Crippen LogP contribution in [0.1, 0.15) is 10.5 Å². The van der Waals surface area contributed by atoms with E-state index in [-0.39, 0.29) is 35.3 Å². The Hall–Kier alpha value is -1.47. The van der Waals surface area contributed by atoms with E-state index in [2.05, 4.69) is 14.9 Å². The zero-order valence-corrected chi connectivity index (χ0v) is 14.4. The monoisotopic (exact) mass is 307 g/mol. The van der Waals surface area contributed by atoms with Gasteiger partial charge in [-0.15, -0.1) is 0 Å². The van der Waals surface area contributed by atoms with Crippen LogP contribution < -0.4 is 39.6 Å². The molecule has 108 valence electrons. The molecule has 1 aliphatic heterocycles. The molecule has 0 atom stereocenters. The minimum atomic E-state index is -1.30. The molecule has 1 aliphatic rings. The largest absolute Gasteiger partial charge is 1.00 e. The third kappa shape index (κ3) is 3.84. The number of rotatable bonds is 3. The Morgan fingerprint density at radius 1 is 1.14 bits per heavy atom. The van der Waals surface area contributed by atoms with Crippen LogP contribution in [-0.4, -0.2) is 42.2 Å². The van der Waals surface area contributed by atoms with E-state index in [1.54, 1.807) is 0 Å². The second kappa shape index (κ2) is 7.69. The Labute approximate surface area is 150 Å². The van der Waals surface area contributed by atoms with Gasteiger partial charge < -0.3 is 19.5 Å². The molecular formula is C15H14N3NaO3. The minimum absolute atomic E-state index is 0. The summed E-state index contributed by atoms with van der Waals surface area (Å²) in [6.07, 6.45) is 1.23. The fraction of sp³-hybridized carbons (Fsp3) is 0.267. The third-order valence-electron chi connectivity index (χ3n) is 3.42. The number of hydrogen-bond donors (Lipinski definition) is 0. The summed E-state index contributed by atoms with van der Waals surface area (Å²) in [6, 6.07) is 9.26. The molecule has 1 aromatic carbocycles. The second-order valence-electron chi connectivity index (χ2n) is 4.72. The van der Waals surface area contributed by atoms with Crippen molar-refractivity contribution in [1.29, 1.82) is 0 Å². The Morgan fingerprint density at radius 3 is 2.45 bits per heavy atom. The minimum Gasteiger partial charge on any atom is -0.543 e. The molecule has 0 unspecified atom stereocenters. The first-order valence-corrected chi connectivity index (χ1v) is 6.70. The number of hydrogen-bond acceptors (Lipinski definition) is 6. The molecule has 0 N–H and O–H groups in total. The maximum Gasteiger partial charge on any atom is 1.00 e. The van der Waals surface area contributed by atoms with Gasteiger partial charge in [0, 0.05) is 24.3 Å². The number of carboxylic acid groups (broad SMARTS) is 1. The van der Waals surface area contributed by atoms with Crippen LogP contribution >= 0.6 is 0 Å². The SMILES string of the molecule is O=C([O-])c1cc(-c2ccc(N3CCOCC3)cc2)ncn1.[Na+]. The predicted molar refractivity (Wildman–Crippen MR) is 74.8 cm³/mol. The number of ether oxygens (including phenoxy) is 1. The van der Waals surface area contributed by atoms with Gasteiger partial charge in [0.25, 0.3) is 0 Å². The van der Waals surface area contributed by atoms with Gasteiger partial charge in [-0.3, -0.25) is 0 Å². The van der Waals surface area contributed by atoms with E-state index in [0.29, 0.717) is 5.69 Å². The molecule has 2 aromatic rings. The number of benzene rings is 1. The number of aromatic carboxylic acids is 1. The van der Waals surface area contributed by atoms with Crippen molar-refractivity contribution >= 4 is 11.7 Å². The van der Waals surface area contributed by atoms with Crippen LogP contribution in [0.4, 0.5) is 5.69 Å². The molecule has 2 heterocycles. The van der Waals surface area contributed by atoms with E-state index in [4.69, 9.17) is 4.74 Å². The fourth-order valence-electron chi connectivity index (χ4n) is 2.29. The molecule has 0 amide bonds. The first-order valence-electron chi connectivity index (χ1n) is 6.70. The van der Waals surface area contributed by atoms with Crippen LogP contribution in [0.25, 0.3) is 11.3 Å². The van der Waals surface area contributed by atoms with E-state index in [1.165, 1.54) is 12.4 Å². The van der Waals surface area contributed by atoms with Crippen molar-refractivity contribution in [2.75, 3.05) is 31.2 Å². The van der Waals surface area contributed by atoms with Crippen molar-refractivity contribution in [3.63, 3.8) is 0 Å². The number of carbonyl (C=O) groups excluding carboxylic acids is 1. The normalized spacial score (nSPS) is 14.3. The van der Waals surface area contributed by atoms with Gasteiger partial charge in [-0.1, -0.05) is 12.1 Å². The first-order chi connectivity index (χ1) is 10.2. The molecule has 0 spiro atoms. The molecule has 1 fully saturated rings. The van der Waals surface area contributed by atoms with Gasteiger partial charge in [0.2, 0.25) is 0 Å². The molecule has 0 bridgehead atoms. The van der Waals surface area contributed by atoms with Gasteiger partial charge in [0.05, 0.1) is 30.6 Å². The van der Waals surface area contributed by atoms with Crippen LogP contribution in [-0.2, 0) is 4.74 Å². The molecule has 0 radical (unpaired) electrons. The number of carboxylic acids is 1. The Balaban J connectivity index is 0.00000176. The number of aromatic nitrogens is 2. The molecular weight excluding hydrogens is 293 g/mol. The van der Waals surface area contributed by atoms with Gasteiger partial charge in [-0.05, 0) is 18.2 Å². The van der Waals surface area contributed by atoms with E-state index in [1.807, 2.05) is 24.3 Å². The fourth-order valence-corrected chi connectivity index (χ4v) is 2.29. The Morgan fingerprint density at radius 2 is 1.82 bits per heavy atom. The molecule has 0 aliphatic carbocycles. The van der Waals surface area contributed by atoms with Crippen molar-refractivity contribution < 1.29 is 44.2 Å². The summed E-state index contributed by atoms with van der Waals surface area (Å²) in [5.74, 6) is -1.30. The quantitative estimate of drug-likeness (QED) is 0.576. The molecule has 1 aromatic heterocycles. The van der Waals surface area contributed by atoms with E-state index in [9.17, 15) is 9.90 Å². The van der Waals surface area contributed by atoms with Gasteiger partial charge >= 0.3 is 29.6 Å². The standard InChI is InChI=1S/C15H15N3O3.Na/c19-15(20)14-9-13(16-10-17-14)11-1-3-12(4-2-11)18-5-7-21-8-6-18;/h1-4,9-10H,5-8H2,(H,19,20);/q;+1/p-1. The summed E-state index contributed by atoms with van der Waals surface area (Å²) in [5.41, 5.74) is 2.42. The Bertz CT molecular complexity index is 643. The molecule has 1 saturated heterocycles. The molecule has 7 heteroatoms. The average Bonchev–Trinajstić information content (AvgIpc) is 2.56. The van der Waals surface area contributed by atoms with Crippen LogP contribution in [0.15, 0.2) is 36.7 Å². The van der Waals surface area contributed by atoms with Gasteiger partial charge in [0.1, 0.15) is 6.33 Å². The van der Waals surface area contributed by atoms with Crippen molar-refractivity contribution in [2.24, 2.45) is 0 Å². The zero-order valence-electron chi connectivity index (χ0n) is 12.4. The van der Waals surface area contributed by atoms with E-state index in [0.717, 1.165) is 37.6 Å². The molecule has 22 heavy (non-hydrogen) atoms. The predicted octanol–water partition coefficient (Wildman–Crippen LogP) is -2.65. The van der Waals surface area contributed by atoms with Crippen molar-refractivity contribution in [2.45, 2.75) is 0 Å². The van der Waals surface area contributed by atoms with E-state index >= 15 is 0 Å². The smallest absolute Gasteiger partial charge is 0.543 e. The first kappa shape index (κ1) is 16.9. The van der Waals surface area contributed by atoms with Crippen LogP contribution in [0.3, 0.4) is 0 Å². The zero-order chi connectivity index (χ0) is 14.7. The summed E-state index contributed by atoms with van der Waals surface area (Å²) in [4.78, 5) is 20.8. The number of nitrogens with zero attached hydrogens (tertiary/aromatic N) is 3. The van der Waals surface area contributed by atoms with Crippen LogP contribution in [0.5, 0.6) is 0 Å². The summed E-state index contributed by atoms with van der Waals surface area (Å²) in [6.45, 7) is 3.23. The van der Waals surface area contributed by atoms with Crippen molar-refractivity contribution in [3.8, 4) is 11.3 Å². The average molecular weight is 307 g/mol. The summed E-state index contributed by atoms with van der Waals surface area (Å²) >= 11 is 0. The maximum atomic E-state index is 10.8. The summed E-state index contributed by atoms with van der Waals surface area (Å²) < 4.78 is 5.33. The second-order valence-corrected chi connectivity index (χ2v) is 4.72. The number of carbonyl (C=O) groups is 1. The van der Waals surface area contributed by atoms with Gasteiger partial charge in [-0.2, -0.15) is 0 Å². The van der Waals surface area contributed by atoms with Gasteiger partial charge in [-0.25, -0.2) is 9.97 Å². The topological polar surface area (TPSA) is 78.4 Å². The summed E-state index contributed by atoms with van der Waals surface area (Å²) in [7, 11) is 0. The number of morpholine rings is 1. The van der Waals surface area contributed by atoms with Gasteiger partial charge in [0.15, 0.2) is 0 Å². The molecule has 0 saturated carbocycles. The van der Waals surface area contributed by atoms with E-state index < -0.39 is 5.97 Å². The summed E-state index contributed by atoms with van der Waals surface area (Å²) in [5, 5.41) is 10.8. The molecule has 6 nitrogen and oxygen atoms in total.